The molecule has 0 radical (unpaired) electrons. The van der Waals surface area contributed by atoms with Crippen LogP contribution in [0.15, 0.2) is 18.2 Å². The van der Waals surface area contributed by atoms with Crippen molar-refractivity contribution in [3.63, 3.8) is 0 Å². The Hall–Kier alpha value is -1.39. The Labute approximate surface area is 99.0 Å². The van der Waals surface area contributed by atoms with E-state index in [9.17, 15) is 13.2 Å². The zero-order valence-corrected chi connectivity index (χ0v) is 10.3. The van der Waals surface area contributed by atoms with E-state index in [0.29, 0.717) is 5.69 Å². The van der Waals surface area contributed by atoms with E-state index in [1.807, 2.05) is 13.8 Å². The highest BCUT2D eigenvalue weighted by Gasteiger charge is 2.32. The fourth-order valence-corrected chi connectivity index (χ4v) is 1.45. The average Bonchev–Trinajstić information content (AvgIpc) is 2.14. The predicted octanol–water partition coefficient (Wildman–Crippen LogP) is 3.77. The summed E-state index contributed by atoms with van der Waals surface area (Å²) in [6.45, 7) is 3.97. The number of nitrogens with zero attached hydrogens (tertiary/aromatic N) is 1. The van der Waals surface area contributed by atoms with Crippen molar-refractivity contribution >= 4 is 5.69 Å². The SMILES string of the molecule is CC(C)c1ccc(OC(F)(F)F)c(N(C)C)c1. The van der Waals surface area contributed by atoms with Gasteiger partial charge in [0.25, 0.3) is 0 Å². The second-order valence-corrected chi connectivity index (χ2v) is 4.32. The van der Waals surface area contributed by atoms with Gasteiger partial charge in [-0.3, -0.25) is 0 Å². The van der Waals surface area contributed by atoms with Crippen LogP contribution in [0.1, 0.15) is 25.3 Å². The van der Waals surface area contributed by atoms with E-state index in [-0.39, 0.29) is 11.7 Å². The van der Waals surface area contributed by atoms with Gasteiger partial charge < -0.3 is 9.64 Å². The highest BCUT2D eigenvalue weighted by molar-refractivity contribution is 5.59. The number of hydrogen-bond acceptors (Lipinski definition) is 2. The normalized spacial score (nSPS) is 11.8. The largest absolute Gasteiger partial charge is 0.573 e. The molecule has 17 heavy (non-hydrogen) atoms. The van der Waals surface area contributed by atoms with Crippen molar-refractivity contribution in [1.29, 1.82) is 0 Å². The fraction of sp³-hybridized carbons (Fsp3) is 0.500. The van der Waals surface area contributed by atoms with Crippen molar-refractivity contribution in [1.82, 2.24) is 0 Å². The van der Waals surface area contributed by atoms with Crippen LogP contribution >= 0.6 is 0 Å². The van der Waals surface area contributed by atoms with E-state index < -0.39 is 6.36 Å². The molecule has 0 spiro atoms. The minimum Gasteiger partial charge on any atom is -0.404 e. The first-order chi connectivity index (χ1) is 7.70. The van der Waals surface area contributed by atoms with Crippen molar-refractivity contribution < 1.29 is 17.9 Å². The van der Waals surface area contributed by atoms with Crippen LogP contribution in [0.4, 0.5) is 18.9 Å². The first-order valence-corrected chi connectivity index (χ1v) is 5.27. The number of benzene rings is 1. The maximum atomic E-state index is 12.2. The van der Waals surface area contributed by atoms with Gasteiger partial charge in [-0.15, -0.1) is 13.2 Å². The summed E-state index contributed by atoms with van der Waals surface area (Å²) in [5, 5.41) is 0. The van der Waals surface area contributed by atoms with E-state index in [4.69, 9.17) is 0 Å². The fourth-order valence-electron chi connectivity index (χ4n) is 1.45. The Morgan fingerprint density at radius 2 is 1.76 bits per heavy atom. The van der Waals surface area contributed by atoms with Crippen LogP contribution in [0.25, 0.3) is 0 Å². The Kier molecular flexibility index (Phi) is 3.91. The third-order valence-electron chi connectivity index (χ3n) is 2.36. The summed E-state index contributed by atoms with van der Waals surface area (Å²) in [7, 11) is 3.37. The molecule has 1 rings (SSSR count). The monoisotopic (exact) mass is 247 g/mol. The van der Waals surface area contributed by atoms with Gasteiger partial charge in [-0.2, -0.15) is 0 Å². The summed E-state index contributed by atoms with van der Waals surface area (Å²) in [5.41, 5.74) is 1.40. The lowest BCUT2D eigenvalue weighted by Gasteiger charge is -2.20. The van der Waals surface area contributed by atoms with Gasteiger partial charge in [-0.05, 0) is 23.6 Å². The molecular formula is C12H16F3NO. The third-order valence-corrected chi connectivity index (χ3v) is 2.36. The van der Waals surface area contributed by atoms with Gasteiger partial charge in [-0.1, -0.05) is 19.9 Å². The molecule has 0 bridgehead atoms. The highest BCUT2D eigenvalue weighted by Crippen LogP contribution is 2.34. The van der Waals surface area contributed by atoms with Gasteiger partial charge in [0, 0.05) is 14.1 Å². The molecule has 5 heteroatoms. The van der Waals surface area contributed by atoms with Crippen molar-refractivity contribution in [2.75, 3.05) is 19.0 Å². The quantitative estimate of drug-likeness (QED) is 0.806. The van der Waals surface area contributed by atoms with Gasteiger partial charge >= 0.3 is 6.36 Å². The lowest BCUT2D eigenvalue weighted by atomic mass is 10.0. The van der Waals surface area contributed by atoms with Crippen molar-refractivity contribution in [2.24, 2.45) is 0 Å². The molecular weight excluding hydrogens is 231 g/mol. The maximum Gasteiger partial charge on any atom is 0.573 e. The second kappa shape index (κ2) is 4.85. The molecule has 0 unspecified atom stereocenters. The number of halogens is 3. The van der Waals surface area contributed by atoms with Crippen molar-refractivity contribution in [3.8, 4) is 5.75 Å². The Bertz CT molecular complexity index is 386. The molecule has 0 aliphatic carbocycles. The Morgan fingerprint density at radius 3 is 2.18 bits per heavy atom. The highest BCUT2D eigenvalue weighted by atomic mass is 19.4. The van der Waals surface area contributed by atoms with Gasteiger partial charge in [0.05, 0.1) is 5.69 Å². The van der Waals surface area contributed by atoms with Crippen LogP contribution in [0.3, 0.4) is 0 Å². The van der Waals surface area contributed by atoms with Crippen LogP contribution in [0, 0.1) is 0 Å². The minimum atomic E-state index is -4.66. The summed E-state index contributed by atoms with van der Waals surface area (Å²) in [6, 6.07) is 4.72. The molecule has 1 aromatic carbocycles. The molecule has 2 nitrogen and oxygen atoms in total. The summed E-state index contributed by atoms with van der Waals surface area (Å²) in [5.74, 6) is 0.0838. The zero-order valence-electron chi connectivity index (χ0n) is 10.3. The van der Waals surface area contributed by atoms with Gasteiger partial charge in [0.2, 0.25) is 0 Å². The number of anilines is 1. The van der Waals surface area contributed by atoms with Gasteiger partial charge in [-0.25, -0.2) is 0 Å². The number of ether oxygens (including phenoxy) is 1. The summed E-state index contributed by atoms with van der Waals surface area (Å²) < 4.78 is 40.6. The zero-order chi connectivity index (χ0) is 13.2. The topological polar surface area (TPSA) is 12.5 Å². The van der Waals surface area contributed by atoms with E-state index in [2.05, 4.69) is 4.74 Å². The van der Waals surface area contributed by atoms with E-state index in [1.165, 1.54) is 6.07 Å². The molecule has 0 fully saturated rings. The molecule has 0 saturated carbocycles. The molecule has 0 heterocycles. The number of alkyl halides is 3. The number of hydrogen-bond donors (Lipinski definition) is 0. The molecule has 0 amide bonds. The Balaban J connectivity index is 3.13. The van der Waals surface area contributed by atoms with Crippen LogP contribution in [-0.2, 0) is 0 Å². The molecule has 0 saturated heterocycles. The maximum absolute atomic E-state index is 12.2. The first kappa shape index (κ1) is 13.7. The third kappa shape index (κ3) is 3.84. The van der Waals surface area contributed by atoms with Crippen molar-refractivity contribution in [3.05, 3.63) is 23.8 Å². The molecule has 0 aromatic heterocycles. The van der Waals surface area contributed by atoms with Crippen LogP contribution < -0.4 is 9.64 Å². The minimum absolute atomic E-state index is 0.174. The molecule has 0 atom stereocenters. The summed E-state index contributed by atoms with van der Waals surface area (Å²) in [6.07, 6.45) is -4.66. The number of rotatable bonds is 3. The summed E-state index contributed by atoms with van der Waals surface area (Å²) >= 11 is 0. The van der Waals surface area contributed by atoms with Crippen LogP contribution in [0.5, 0.6) is 5.75 Å². The molecule has 0 N–H and O–H groups in total. The van der Waals surface area contributed by atoms with Crippen LogP contribution in [-0.4, -0.2) is 20.5 Å². The molecule has 96 valence electrons. The molecule has 0 aliphatic heterocycles. The standard InChI is InChI=1S/C12H16F3NO/c1-8(2)9-5-6-11(17-12(13,14)15)10(7-9)16(3)4/h5-8H,1-4H3. The predicted molar refractivity (Wildman–Crippen MR) is 61.5 cm³/mol. The lowest BCUT2D eigenvalue weighted by molar-refractivity contribution is -0.274. The average molecular weight is 247 g/mol. The Morgan fingerprint density at radius 1 is 1.18 bits per heavy atom. The van der Waals surface area contributed by atoms with E-state index in [0.717, 1.165) is 5.56 Å². The first-order valence-electron chi connectivity index (χ1n) is 5.27. The van der Waals surface area contributed by atoms with Crippen LogP contribution in [0.2, 0.25) is 0 Å². The van der Waals surface area contributed by atoms with Crippen molar-refractivity contribution in [2.45, 2.75) is 26.1 Å². The van der Waals surface area contributed by atoms with E-state index in [1.54, 1.807) is 31.1 Å². The molecule has 1 aromatic rings. The summed E-state index contributed by atoms with van der Waals surface area (Å²) in [4.78, 5) is 1.60. The molecule has 0 aliphatic rings. The lowest BCUT2D eigenvalue weighted by Crippen LogP contribution is -2.20. The van der Waals surface area contributed by atoms with Gasteiger partial charge in [0.1, 0.15) is 0 Å². The van der Waals surface area contributed by atoms with Gasteiger partial charge in [0.15, 0.2) is 5.75 Å². The smallest absolute Gasteiger partial charge is 0.404 e. The van der Waals surface area contributed by atoms with E-state index >= 15 is 0 Å². The second-order valence-electron chi connectivity index (χ2n) is 4.32.